The number of anilines is 1. The zero-order valence-electron chi connectivity index (χ0n) is 12.4. The largest absolute Gasteiger partial charge is 0.373 e. The molecule has 2 rings (SSSR count). The van der Waals surface area contributed by atoms with Crippen molar-refractivity contribution in [3.8, 4) is 0 Å². The monoisotopic (exact) mass is 389 g/mol. The molecule has 0 spiro atoms. The first-order valence-electron chi connectivity index (χ1n) is 6.63. The van der Waals surface area contributed by atoms with E-state index in [-0.39, 0.29) is 10.6 Å². The molecule has 1 atom stereocenters. The molecule has 0 heterocycles. The maximum Gasteiger partial charge on any atom is 0.293 e. The predicted molar refractivity (Wildman–Crippen MR) is 93.0 cm³/mol. The molecule has 0 aliphatic carbocycles. The molecule has 10 heteroatoms. The number of hydrogen-bond acceptors (Lipinski definition) is 5. The molecule has 2 aromatic rings. The Kier molecular flexibility index (Phi) is 5.34. The summed E-state index contributed by atoms with van der Waals surface area (Å²) in [5.41, 5.74) is 0.372. The number of nitrogens with two attached hydrogens (primary N) is 1. The summed E-state index contributed by atoms with van der Waals surface area (Å²) in [5, 5.41) is 19.9. The van der Waals surface area contributed by atoms with E-state index in [0.717, 1.165) is 6.07 Å². The van der Waals surface area contributed by atoms with Gasteiger partial charge >= 0.3 is 0 Å². The lowest BCUT2D eigenvalue weighted by atomic mass is 10.1. The van der Waals surface area contributed by atoms with E-state index in [9.17, 15) is 18.5 Å². The molecule has 0 bridgehead atoms. The van der Waals surface area contributed by atoms with Crippen LogP contribution in [0.3, 0.4) is 0 Å². The van der Waals surface area contributed by atoms with Crippen LogP contribution < -0.4 is 10.5 Å². The molecule has 0 aromatic heterocycles. The molecule has 0 amide bonds. The number of nitrogens with zero attached hydrogens (tertiary/aromatic N) is 1. The number of rotatable bonds is 5. The van der Waals surface area contributed by atoms with E-state index in [1.54, 1.807) is 25.1 Å². The fourth-order valence-corrected chi connectivity index (χ4v) is 3.13. The van der Waals surface area contributed by atoms with Gasteiger partial charge in [-0.1, -0.05) is 35.3 Å². The molecule has 7 nitrogen and oxygen atoms in total. The van der Waals surface area contributed by atoms with Gasteiger partial charge in [-0.3, -0.25) is 10.1 Å². The third-order valence-corrected chi connectivity index (χ3v) is 5.06. The van der Waals surface area contributed by atoms with Crippen LogP contribution in [0.4, 0.5) is 11.4 Å². The predicted octanol–water partition coefficient (Wildman–Crippen LogP) is 3.72. The Labute approximate surface area is 148 Å². The molecule has 1 unspecified atom stereocenters. The summed E-state index contributed by atoms with van der Waals surface area (Å²) in [6, 6.07) is 8.05. The number of nitro groups is 1. The fourth-order valence-electron chi connectivity index (χ4n) is 2.13. The van der Waals surface area contributed by atoms with Gasteiger partial charge in [-0.05, 0) is 30.7 Å². The minimum absolute atomic E-state index is 0.135. The van der Waals surface area contributed by atoms with Crippen molar-refractivity contribution in [1.82, 2.24) is 0 Å². The summed E-state index contributed by atoms with van der Waals surface area (Å²) in [7, 11) is -4.04. The van der Waals surface area contributed by atoms with Crippen LogP contribution in [0.5, 0.6) is 0 Å². The average molecular weight is 390 g/mol. The summed E-state index contributed by atoms with van der Waals surface area (Å²) in [4.78, 5) is 10.2. The van der Waals surface area contributed by atoms with Gasteiger partial charge in [0.2, 0.25) is 10.0 Å². The van der Waals surface area contributed by atoms with Crippen molar-refractivity contribution in [2.75, 3.05) is 5.32 Å². The molecular formula is C14H13Cl2N3O4S. The van der Waals surface area contributed by atoms with Gasteiger partial charge < -0.3 is 5.32 Å². The molecule has 0 saturated carbocycles. The van der Waals surface area contributed by atoms with Crippen LogP contribution in [0, 0.1) is 10.1 Å². The highest BCUT2D eigenvalue weighted by Crippen LogP contribution is 2.34. The molecule has 0 radical (unpaired) electrons. The number of nitrogens with one attached hydrogen (secondary N) is 1. The van der Waals surface area contributed by atoms with Crippen molar-refractivity contribution < 1.29 is 13.3 Å². The van der Waals surface area contributed by atoms with Crippen molar-refractivity contribution in [3.63, 3.8) is 0 Å². The Morgan fingerprint density at radius 2 is 1.92 bits per heavy atom. The average Bonchev–Trinajstić information content (AvgIpc) is 2.49. The first-order valence-corrected chi connectivity index (χ1v) is 8.93. The number of hydrogen-bond donors (Lipinski definition) is 2. The van der Waals surface area contributed by atoms with E-state index >= 15 is 0 Å². The van der Waals surface area contributed by atoms with Crippen LogP contribution in [0.25, 0.3) is 0 Å². The standard InChI is InChI=1S/C14H13Cl2N3O4S/c1-8(10-3-2-4-11(15)14(10)16)18-12-6-5-9(24(17,22)23)7-13(12)19(20)21/h2-8,18H,1H3,(H2,17,22,23). The lowest BCUT2D eigenvalue weighted by Gasteiger charge is -2.17. The highest BCUT2D eigenvalue weighted by molar-refractivity contribution is 7.89. The quantitative estimate of drug-likeness (QED) is 0.596. The van der Waals surface area contributed by atoms with Crippen LogP contribution in [0.2, 0.25) is 10.0 Å². The van der Waals surface area contributed by atoms with Gasteiger partial charge in [0, 0.05) is 6.07 Å². The Hall–Kier alpha value is -1.87. The molecule has 0 aliphatic rings. The van der Waals surface area contributed by atoms with Gasteiger partial charge in [0.1, 0.15) is 5.69 Å². The van der Waals surface area contributed by atoms with Gasteiger partial charge in [0.25, 0.3) is 5.69 Å². The molecule has 2 aromatic carbocycles. The minimum atomic E-state index is -4.04. The Morgan fingerprint density at radius 3 is 2.50 bits per heavy atom. The zero-order valence-corrected chi connectivity index (χ0v) is 14.7. The second kappa shape index (κ2) is 6.94. The zero-order chi connectivity index (χ0) is 18.1. The van der Waals surface area contributed by atoms with Crippen LogP contribution in [0.1, 0.15) is 18.5 Å². The fraction of sp³-hybridized carbons (Fsp3) is 0.143. The van der Waals surface area contributed by atoms with E-state index in [0.29, 0.717) is 15.6 Å². The third kappa shape index (κ3) is 3.96. The minimum Gasteiger partial charge on any atom is -0.373 e. The van der Waals surface area contributed by atoms with Gasteiger partial charge in [-0.25, -0.2) is 13.6 Å². The number of nitro benzene ring substituents is 1. The highest BCUT2D eigenvalue weighted by Gasteiger charge is 2.21. The molecule has 0 aliphatic heterocycles. The van der Waals surface area contributed by atoms with Crippen molar-refractivity contribution in [3.05, 3.63) is 62.1 Å². The third-order valence-electron chi connectivity index (χ3n) is 3.31. The van der Waals surface area contributed by atoms with Gasteiger partial charge in [0.05, 0.1) is 25.9 Å². The van der Waals surface area contributed by atoms with Gasteiger partial charge in [-0.15, -0.1) is 0 Å². The van der Waals surface area contributed by atoms with E-state index in [2.05, 4.69) is 5.32 Å². The van der Waals surface area contributed by atoms with E-state index < -0.39 is 26.7 Å². The number of benzene rings is 2. The van der Waals surface area contributed by atoms with Crippen LogP contribution in [-0.2, 0) is 10.0 Å². The summed E-state index contributed by atoms with van der Waals surface area (Å²) < 4.78 is 22.7. The second-order valence-corrected chi connectivity index (χ2v) is 7.34. The van der Waals surface area contributed by atoms with Crippen molar-refractivity contribution >= 4 is 44.6 Å². The maximum atomic E-state index is 11.3. The van der Waals surface area contributed by atoms with Gasteiger partial charge in [0.15, 0.2) is 0 Å². The normalized spacial score (nSPS) is 12.7. The van der Waals surface area contributed by atoms with Crippen molar-refractivity contribution in [1.29, 1.82) is 0 Å². The summed E-state index contributed by atoms with van der Waals surface area (Å²) in [6.07, 6.45) is 0. The second-order valence-electron chi connectivity index (χ2n) is 4.99. The van der Waals surface area contributed by atoms with E-state index in [4.69, 9.17) is 28.3 Å². The number of primary sulfonamides is 1. The maximum absolute atomic E-state index is 11.3. The van der Waals surface area contributed by atoms with Crippen LogP contribution in [0.15, 0.2) is 41.3 Å². The van der Waals surface area contributed by atoms with Gasteiger partial charge in [-0.2, -0.15) is 0 Å². The summed E-state index contributed by atoms with van der Waals surface area (Å²) in [6.45, 7) is 1.74. The number of sulfonamides is 1. The molecule has 3 N–H and O–H groups in total. The molecule has 0 fully saturated rings. The lowest BCUT2D eigenvalue weighted by molar-refractivity contribution is -0.384. The first-order chi connectivity index (χ1) is 11.1. The van der Waals surface area contributed by atoms with Crippen LogP contribution >= 0.6 is 23.2 Å². The highest BCUT2D eigenvalue weighted by atomic mass is 35.5. The van der Waals surface area contributed by atoms with Crippen LogP contribution in [-0.4, -0.2) is 13.3 Å². The first kappa shape index (κ1) is 18.5. The molecule has 0 saturated heterocycles. The molecule has 128 valence electrons. The molecule has 24 heavy (non-hydrogen) atoms. The van der Waals surface area contributed by atoms with Crippen molar-refractivity contribution in [2.24, 2.45) is 5.14 Å². The Morgan fingerprint density at radius 1 is 1.25 bits per heavy atom. The Bertz CT molecular complexity index is 903. The summed E-state index contributed by atoms with van der Waals surface area (Å²) in [5.74, 6) is 0. The summed E-state index contributed by atoms with van der Waals surface area (Å²) >= 11 is 12.1. The van der Waals surface area contributed by atoms with E-state index in [1.807, 2.05) is 0 Å². The smallest absolute Gasteiger partial charge is 0.293 e. The lowest BCUT2D eigenvalue weighted by Crippen LogP contribution is -2.14. The molecular weight excluding hydrogens is 377 g/mol. The SMILES string of the molecule is CC(Nc1ccc(S(N)(=O)=O)cc1[N+](=O)[O-])c1cccc(Cl)c1Cl. The topological polar surface area (TPSA) is 115 Å². The van der Waals surface area contributed by atoms with Crippen molar-refractivity contribution in [2.45, 2.75) is 17.9 Å². The number of halogens is 2. The van der Waals surface area contributed by atoms with E-state index in [1.165, 1.54) is 12.1 Å². The Balaban J connectivity index is 2.42.